The molecule has 1 heteroatoms. The van der Waals surface area contributed by atoms with E-state index >= 15 is 0 Å². The molecule has 0 unspecified atom stereocenters. The fourth-order valence-electron chi connectivity index (χ4n) is 1.46. The van der Waals surface area contributed by atoms with Gasteiger partial charge in [0.1, 0.15) is 0 Å². The largest absolute Gasteiger partial charge is 0.396 e. The summed E-state index contributed by atoms with van der Waals surface area (Å²) in [6.45, 7) is 4.78. The van der Waals surface area contributed by atoms with Crippen LogP contribution in [0.3, 0.4) is 0 Å². The number of hydrogen-bond donors (Lipinski definition) is 1. The standard InChI is InChI=1S/C13H26O/c1-3-13(2)11-9-7-5-4-6-8-10-12-14/h11,14H,3-10,12H2,1-2H3. The molecule has 0 bridgehead atoms. The fourth-order valence-corrected chi connectivity index (χ4v) is 1.46. The molecule has 0 aliphatic heterocycles. The van der Waals surface area contributed by atoms with Crippen LogP contribution in [0.2, 0.25) is 0 Å². The summed E-state index contributed by atoms with van der Waals surface area (Å²) < 4.78 is 0. The molecule has 14 heavy (non-hydrogen) atoms. The Bertz CT molecular complexity index is 138. The van der Waals surface area contributed by atoms with Gasteiger partial charge in [0.15, 0.2) is 0 Å². The van der Waals surface area contributed by atoms with E-state index in [0.717, 1.165) is 6.42 Å². The number of hydrogen-bond acceptors (Lipinski definition) is 1. The first-order valence-electron chi connectivity index (χ1n) is 6.07. The number of rotatable bonds is 9. The molecular weight excluding hydrogens is 172 g/mol. The SMILES string of the molecule is CCC(C)=CCCCCCCCCO. The topological polar surface area (TPSA) is 20.2 Å². The third-order valence-electron chi connectivity index (χ3n) is 2.66. The van der Waals surface area contributed by atoms with Crippen LogP contribution >= 0.6 is 0 Å². The van der Waals surface area contributed by atoms with E-state index in [4.69, 9.17) is 5.11 Å². The van der Waals surface area contributed by atoms with Crippen LogP contribution in [0.25, 0.3) is 0 Å². The van der Waals surface area contributed by atoms with E-state index in [9.17, 15) is 0 Å². The molecule has 0 amide bonds. The lowest BCUT2D eigenvalue weighted by Crippen LogP contribution is -1.83. The van der Waals surface area contributed by atoms with E-state index in [-0.39, 0.29) is 0 Å². The van der Waals surface area contributed by atoms with Crippen molar-refractivity contribution in [2.45, 2.75) is 65.2 Å². The Balaban J connectivity index is 3.06. The van der Waals surface area contributed by atoms with Gasteiger partial charge in [0, 0.05) is 6.61 Å². The smallest absolute Gasteiger partial charge is 0.0431 e. The number of aliphatic hydroxyl groups excluding tert-OH is 1. The number of aliphatic hydroxyl groups is 1. The zero-order valence-electron chi connectivity index (χ0n) is 9.89. The molecule has 1 N–H and O–H groups in total. The van der Waals surface area contributed by atoms with Gasteiger partial charge in [-0.2, -0.15) is 0 Å². The molecule has 0 aromatic carbocycles. The Morgan fingerprint density at radius 2 is 1.57 bits per heavy atom. The molecule has 0 radical (unpaired) electrons. The van der Waals surface area contributed by atoms with Crippen LogP contribution in [0.5, 0.6) is 0 Å². The maximum Gasteiger partial charge on any atom is 0.0431 e. The van der Waals surface area contributed by atoms with Crippen LogP contribution in [0, 0.1) is 0 Å². The zero-order chi connectivity index (χ0) is 10.6. The summed E-state index contributed by atoms with van der Waals surface area (Å²) in [5, 5.41) is 8.59. The monoisotopic (exact) mass is 198 g/mol. The molecule has 0 aromatic heterocycles. The van der Waals surface area contributed by atoms with Gasteiger partial charge in [0.2, 0.25) is 0 Å². The highest BCUT2D eigenvalue weighted by Crippen LogP contribution is 2.09. The normalized spacial score (nSPS) is 12.1. The Labute approximate surface area is 89.2 Å². The highest BCUT2D eigenvalue weighted by Gasteiger charge is 1.90. The first-order valence-corrected chi connectivity index (χ1v) is 6.07. The van der Waals surface area contributed by atoms with Crippen LogP contribution in [0.15, 0.2) is 11.6 Å². The van der Waals surface area contributed by atoms with Gasteiger partial charge in [0.05, 0.1) is 0 Å². The molecule has 84 valence electrons. The quantitative estimate of drug-likeness (QED) is 0.437. The minimum Gasteiger partial charge on any atom is -0.396 e. The maximum atomic E-state index is 8.59. The molecule has 1 nitrogen and oxygen atoms in total. The molecule has 0 aliphatic rings. The number of allylic oxidation sites excluding steroid dienone is 2. The van der Waals surface area contributed by atoms with Gasteiger partial charge < -0.3 is 5.11 Å². The van der Waals surface area contributed by atoms with Crippen molar-refractivity contribution in [3.63, 3.8) is 0 Å². The van der Waals surface area contributed by atoms with Crippen LogP contribution in [0.4, 0.5) is 0 Å². The van der Waals surface area contributed by atoms with Crippen molar-refractivity contribution in [1.82, 2.24) is 0 Å². The van der Waals surface area contributed by atoms with Gasteiger partial charge in [-0.3, -0.25) is 0 Å². The van der Waals surface area contributed by atoms with Gasteiger partial charge in [-0.25, -0.2) is 0 Å². The van der Waals surface area contributed by atoms with Crippen LogP contribution in [0.1, 0.15) is 65.2 Å². The van der Waals surface area contributed by atoms with E-state index in [2.05, 4.69) is 19.9 Å². The van der Waals surface area contributed by atoms with Crippen molar-refractivity contribution in [3.8, 4) is 0 Å². The maximum absolute atomic E-state index is 8.59. The average Bonchev–Trinajstić information content (AvgIpc) is 2.21. The lowest BCUT2D eigenvalue weighted by atomic mass is 10.1. The van der Waals surface area contributed by atoms with Gasteiger partial charge in [-0.15, -0.1) is 0 Å². The molecule has 0 aromatic rings. The molecule has 0 fully saturated rings. The predicted molar refractivity (Wildman–Crippen MR) is 63.5 cm³/mol. The van der Waals surface area contributed by atoms with E-state index in [1.165, 1.54) is 50.5 Å². The Kier molecular flexibility index (Phi) is 10.5. The first kappa shape index (κ1) is 13.7. The van der Waals surface area contributed by atoms with Crippen molar-refractivity contribution in [1.29, 1.82) is 0 Å². The summed E-state index contributed by atoms with van der Waals surface area (Å²) >= 11 is 0. The summed E-state index contributed by atoms with van der Waals surface area (Å²) in [5.74, 6) is 0. The molecule has 0 saturated carbocycles. The van der Waals surface area contributed by atoms with E-state index in [1.807, 2.05) is 0 Å². The van der Waals surface area contributed by atoms with Gasteiger partial charge in [-0.05, 0) is 32.6 Å². The summed E-state index contributed by atoms with van der Waals surface area (Å²) in [6, 6.07) is 0. The van der Waals surface area contributed by atoms with Crippen LogP contribution < -0.4 is 0 Å². The Hall–Kier alpha value is -0.300. The van der Waals surface area contributed by atoms with Gasteiger partial charge >= 0.3 is 0 Å². The molecular formula is C13H26O. The molecule has 0 atom stereocenters. The lowest BCUT2D eigenvalue weighted by Gasteiger charge is -1.99. The van der Waals surface area contributed by atoms with Crippen molar-refractivity contribution in [3.05, 3.63) is 11.6 Å². The fraction of sp³-hybridized carbons (Fsp3) is 0.846. The second-order valence-corrected chi connectivity index (χ2v) is 4.04. The van der Waals surface area contributed by atoms with Gasteiger partial charge in [-0.1, -0.05) is 44.3 Å². The Morgan fingerprint density at radius 1 is 1.00 bits per heavy atom. The van der Waals surface area contributed by atoms with Crippen molar-refractivity contribution >= 4 is 0 Å². The van der Waals surface area contributed by atoms with Crippen LogP contribution in [-0.4, -0.2) is 11.7 Å². The first-order chi connectivity index (χ1) is 6.81. The molecule has 0 saturated heterocycles. The van der Waals surface area contributed by atoms with E-state index < -0.39 is 0 Å². The summed E-state index contributed by atoms with van der Waals surface area (Å²) in [4.78, 5) is 0. The van der Waals surface area contributed by atoms with Crippen molar-refractivity contribution < 1.29 is 5.11 Å². The zero-order valence-corrected chi connectivity index (χ0v) is 9.89. The average molecular weight is 198 g/mol. The van der Waals surface area contributed by atoms with Crippen molar-refractivity contribution in [2.75, 3.05) is 6.61 Å². The van der Waals surface area contributed by atoms with Crippen LogP contribution in [-0.2, 0) is 0 Å². The number of unbranched alkanes of at least 4 members (excludes halogenated alkanes) is 6. The molecule has 0 heterocycles. The minimum atomic E-state index is 0.360. The third-order valence-corrected chi connectivity index (χ3v) is 2.66. The molecule has 0 rings (SSSR count). The lowest BCUT2D eigenvalue weighted by molar-refractivity contribution is 0.282. The highest BCUT2D eigenvalue weighted by molar-refractivity contribution is 4.96. The van der Waals surface area contributed by atoms with E-state index in [1.54, 1.807) is 0 Å². The second-order valence-electron chi connectivity index (χ2n) is 4.04. The summed E-state index contributed by atoms with van der Waals surface area (Å²) in [5.41, 5.74) is 1.52. The second kappa shape index (κ2) is 10.8. The predicted octanol–water partition coefficient (Wildman–Crippen LogP) is 4.07. The Morgan fingerprint density at radius 3 is 2.14 bits per heavy atom. The minimum absolute atomic E-state index is 0.360. The molecule has 0 spiro atoms. The third kappa shape index (κ3) is 9.79. The molecule has 0 aliphatic carbocycles. The summed E-state index contributed by atoms with van der Waals surface area (Å²) in [7, 11) is 0. The van der Waals surface area contributed by atoms with Crippen molar-refractivity contribution in [2.24, 2.45) is 0 Å². The highest BCUT2D eigenvalue weighted by atomic mass is 16.2. The van der Waals surface area contributed by atoms with E-state index in [0.29, 0.717) is 6.61 Å². The summed E-state index contributed by atoms with van der Waals surface area (Å²) in [6.07, 6.45) is 12.3. The van der Waals surface area contributed by atoms with Gasteiger partial charge in [0.25, 0.3) is 0 Å².